The maximum Gasteiger partial charge on any atom is 0.249 e. The molecule has 31 heavy (non-hydrogen) atoms. The first kappa shape index (κ1) is 20.5. The number of hydrogen-bond donors (Lipinski definition) is 1. The first-order valence-corrected chi connectivity index (χ1v) is 11.2. The summed E-state index contributed by atoms with van der Waals surface area (Å²) in [5.74, 6) is 0.691. The minimum absolute atomic E-state index is 0.0174. The summed E-state index contributed by atoms with van der Waals surface area (Å²) in [6.07, 6.45) is 10.7. The van der Waals surface area contributed by atoms with E-state index in [1.165, 1.54) is 5.56 Å². The van der Waals surface area contributed by atoms with Gasteiger partial charge >= 0.3 is 0 Å². The molecular weight excluding hydrogens is 394 g/mol. The fourth-order valence-electron chi connectivity index (χ4n) is 4.98. The Bertz CT molecular complexity index is 893. The van der Waals surface area contributed by atoms with Gasteiger partial charge in [-0.15, -0.1) is 0 Å². The third-order valence-electron chi connectivity index (χ3n) is 6.94. The van der Waals surface area contributed by atoms with Crippen LogP contribution in [0.2, 0.25) is 0 Å². The van der Waals surface area contributed by atoms with Gasteiger partial charge in [0, 0.05) is 24.7 Å². The van der Waals surface area contributed by atoms with Gasteiger partial charge < -0.3 is 9.84 Å². The molecule has 7 nitrogen and oxygen atoms in total. The normalized spacial score (nSPS) is 27.6. The van der Waals surface area contributed by atoms with Crippen molar-refractivity contribution in [2.75, 3.05) is 19.8 Å². The zero-order valence-electron chi connectivity index (χ0n) is 17.7. The van der Waals surface area contributed by atoms with Crippen molar-refractivity contribution in [1.82, 2.24) is 15.0 Å². The van der Waals surface area contributed by atoms with Gasteiger partial charge in [0.1, 0.15) is 11.6 Å². The van der Waals surface area contributed by atoms with Gasteiger partial charge in [0.2, 0.25) is 5.91 Å². The van der Waals surface area contributed by atoms with E-state index < -0.39 is 5.60 Å². The van der Waals surface area contributed by atoms with E-state index in [0.717, 1.165) is 49.8 Å². The Labute approximate surface area is 182 Å². The van der Waals surface area contributed by atoms with E-state index in [2.05, 4.69) is 22.1 Å². The predicted molar refractivity (Wildman–Crippen MR) is 112 cm³/mol. The van der Waals surface area contributed by atoms with Crippen LogP contribution >= 0.6 is 0 Å². The summed E-state index contributed by atoms with van der Waals surface area (Å²) in [5.41, 5.74) is 2.20. The number of amides is 1. The van der Waals surface area contributed by atoms with Crippen LogP contribution in [0.15, 0.2) is 42.9 Å². The monoisotopic (exact) mass is 423 g/mol. The van der Waals surface area contributed by atoms with Gasteiger partial charge in [-0.3, -0.25) is 19.6 Å². The Morgan fingerprint density at radius 3 is 2.52 bits per heavy atom. The first-order valence-electron chi connectivity index (χ1n) is 11.2. The summed E-state index contributed by atoms with van der Waals surface area (Å²) in [6, 6.07) is 8.14. The Morgan fingerprint density at radius 1 is 1.10 bits per heavy atom. The number of hydroxylamine groups is 2. The summed E-state index contributed by atoms with van der Waals surface area (Å²) in [7, 11) is 0. The quantitative estimate of drug-likeness (QED) is 0.796. The van der Waals surface area contributed by atoms with Crippen molar-refractivity contribution < 1.29 is 19.5 Å². The highest BCUT2D eigenvalue weighted by Crippen LogP contribution is 2.37. The van der Waals surface area contributed by atoms with E-state index in [9.17, 15) is 9.90 Å². The van der Waals surface area contributed by atoms with Crippen molar-refractivity contribution in [3.63, 3.8) is 0 Å². The molecular formula is C24H29N3O4. The third-order valence-corrected chi connectivity index (χ3v) is 6.94. The van der Waals surface area contributed by atoms with Crippen molar-refractivity contribution in [3.8, 4) is 0 Å². The Hall–Kier alpha value is -2.35. The second-order valence-corrected chi connectivity index (χ2v) is 9.08. The number of aliphatic hydroxyl groups is 1. The average molecular weight is 424 g/mol. The summed E-state index contributed by atoms with van der Waals surface area (Å²) in [4.78, 5) is 27.3. The Morgan fingerprint density at radius 2 is 1.87 bits per heavy atom. The highest BCUT2D eigenvalue weighted by molar-refractivity contribution is 5.78. The van der Waals surface area contributed by atoms with Gasteiger partial charge in [-0.25, -0.2) is 5.06 Å². The molecule has 1 atom stereocenters. The van der Waals surface area contributed by atoms with Gasteiger partial charge in [-0.2, -0.15) is 0 Å². The molecule has 0 unspecified atom stereocenters. The predicted octanol–water partition coefficient (Wildman–Crippen LogP) is 2.95. The molecule has 1 aliphatic carbocycles. The fraction of sp³-hybridized carbons (Fsp3) is 0.542. The van der Waals surface area contributed by atoms with Crippen molar-refractivity contribution in [2.24, 2.45) is 11.8 Å². The summed E-state index contributed by atoms with van der Waals surface area (Å²) in [6.45, 7) is 1.30. The van der Waals surface area contributed by atoms with Crippen molar-refractivity contribution in [2.45, 2.75) is 50.2 Å². The number of carbonyl (C=O) groups is 1. The van der Waals surface area contributed by atoms with Crippen LogP contribution < -0.4 is 0 Å². The lowest BCUT2D eigenvalue weighted by Crippen LogP contribution is -2.46. The van der Waals surface area contributed by atoms with E-state index in [1.54, 1.807) is 23.7 Å². The molecule has 7 heteroatoms. The Balaban J connectivity index is 1.15. The largest absolute Gasteiger partial charge is 0.380 e. The maximum atomic E-state index is 13.1. The summed E-state index contributed by atoms with van der Waals surface area (Å²) in [5, 5.41) is 11.9. The van der Waals surface area contributed by atoms with Crippen molar-refractivity contribution >= 4 is 5.91 Å². The van der Waals surface area contributed by atoms with E-state index in [4.69, 9.17) is 9.57 Å². The second-order valence-electron chi connectivity index (χ2n) is 9.08. The van der Waals surface area contributed by atoms with Crippen LogP contribution in [0.25, 0.3) is 0 Å². The van der Waals surface area contributed by atoms with Crippen LogP contribution in [-0.2, 0) is 26.4 Å². The minimum Gasteiger partial charge on any atom is -0.380 e. The molecule has 2 aromatic rings. The summed E-state index contributed by atoms with van der Waals surface area (Å²) < 4.78 is 5.15. The molecule has 1 saturated carbocycles. The van der Waals surface area contributed by atoms with E-state index in [0.29, 0.717) is 25.7 Å². The topological polar surface area (TPSA) is 84.8 Å². The van der Waals surface area contributed by atoms with Crippen molar-refractivity contribution in [1.29, 1.82) is 0 Å². The van der Waals surface area contributed by atoms with Crippen LogP contribution in [-0.4, -0.2) is 45.9 Å². The smallest absolute Gasteiger partial charge is 0.249 e. The third kappa shape index (κ3) is 4.22. The number of hydrogen-bond acceptors (Lipinski definition) is 6. The number of ether oxygens (including phenoxy) is 1. The van der Waals surface area contributed by atoms with Gasteiger partial charge in [0.25, 0.3) is 0 Å². The van der Waals surface area contributed by atoms with Gasteiger partial charge in [-0.1, -0.05) is 24.3 Å². The lowest BCUT2D eigenvalue weighted by Gasteiger charge is -2.36. The molecule has 5 rings (SSSR count). The lowest BCUT2D eigenvalue weighted by atomic mass is 9.78. The molecule has 0 radical (unpaired) electrons. The van der Waals surface area contributed by atoms with Crippen LogP contribution in [0.3, 0.4) is 0 Å². The lowest BCUT2D eigenvalue weighted by molar-refractivity contribution is -0.184. The van der Waals surface area contributed by atoms with Crippen molar-refractivity contribution in [3.05, 3.63) is 59.7 Å². The molecule has 2 saturated heterocycles. The SMILES string of the molecule is O=C([C@H]1CC[C@H](Cc2ccc(C3(O)COC3)cc2)CC1)N1OCC[C@H]1c1cnccn1. The minimum atomic E-state index is -0.808. The molecule has 164 valence electrons. The second kappa shape index (κ2) is 8.65. The number of benzene rings is 1. The molecule has 1 N–H and O–H groups in total. The first-order chi connectivity index (χ1) is 15.1. The molecule has 2 aliphatic heterocycles. The standard InChI is InChI=1S/C24H29N3O4/c28-23(27-22(9-12-31-27)21-14-25-10-11-26-21)19-5-1-17(2-6-19)13-18-3-7-20(8-4-18)24(29)15-30-16-24/h3-4,7-8,10-11,14,17,19,22,29H,1-2,5-6,9,12-13,15-16H2/t17-,19-,22-/m0/s1. The highest BCUT2D eigenvalue weighted by atomic mass is 16.7. The average Bonchev–Trinajstić information content (AvgIpc) is 3.29. The van der Waals surface area contributed by atoms with Gasteiger partial charge in [0.05, 0.1) is 31.7 Å². The van der Waals surface area contributed by atoms with E-state index in [-0.39, 0.29) is 17.9 Å². The van der Waals surface area contributed by atoms with Gasteiger partial charge in [0.15, 0.2) is 0 Å². The summed E-state index contributed by atoms with van der Waals surface area (Å²) >= 11 is 0. The zero-order valence-corrected chi connectivity index (χ0v) is 17.7. The Kier molecular flexibility index (Phi) is 5.73. The number of carbonyl (C=O) groups excluding carboxylic acids is 1. The molecule has 1 aromatic heterocycles. The van der Waals surface area contributed by atoms with Crippen LogP contribution in [0.4, 0.5) is 0 Å². The number of nitrogens with zero attached hydrogens (tertiary/aromatic N) is 3. The van der Waals surface area contributed by atoms with Crippen LogP contribution in [0.1, 0.15) is 55.0 Å². The fourth-order valence-corrected chi connectivity index (χ4v) is 4.98. The zero-order chi connectivity index (χ0) is 21.3. The molecule has 3 fully saturated rings. The molecule has 0 spiro atoms. The van der Waals surface area contributed by atoms with E-state index >= 15 is 0 Å². The number of aromatic nitrogens is 2. The molecule has 3 aliphatic rings. The highest BCUT2D eigenvalue weighted by Gasteiger charge is 2.39. The molecule has 1 amide bonds. The van der Waals surface area contributed by atoms with E-state index in [1.807, 2.05) is 12.1 Å². The molecule has 0 bridgehead atoms. The maximum absolute atomic E-state index is 13.1. The molecule has 3 heterocycles. The van der Waals surface area contributed by atoms with Crippen LogP contribution in [0.5, 0.6) is 0 Å². The van der Waals surface area contributed by atoms with Gasteiger partial charge in [-0.05, 0) is 49.1 Å². The number of rotatable bonds is 5. The van der Waals surface area contributed by atoms with Crippen LogP contribution in [0, 0.1) is 11.8 Å². The molecule has 1 aromatic carbocycles.